The van der Waals surface area contributed by atoms with Gasteiger partial charge in [-0.05, 0) is 80.1 Å². The van der Waals surface area contributed by atoms with Crippen molar-refractivity contribution in [3.8, 4) is 29.4 Å². The van der Waals surface area contributed by atoms with Crippen molar-refractivity contribution in [1.29, 1.82) is 0 Å². The first-order chi connectivity index (χ1) is 20.5. The molecule has 0 N–H and O–H groups in total. The van der Waals surface area contributed by atoms with Crippen LogP contribution in [0.4, 0.5) is 0 Å². The second-order valence-electron chi connectivity index (χ2n) is 9.25. The zero-order valence-electron chi connectivity index (χ0n) is 24.1. The molecule has 0 aliphatic heterocycles. The van der Waals surface area contributed by atoms with E-state index in [0.717, 1.165) is 71.7 Å². The second-order valence-corrected chi connectivity index (χ2v) is 9.25. The van der Waals surface area contributed by atoms with Crippen LogP contribution >= 0.6 is 0 Å². The van der Waals surface area contributed by atoms with Gasteiger partial charge < -0.3 is 14.2 Å². The third kappa shape index (κ3) is 11.2. The zero-order chi connectivity index (χ0) is 30.0. The minimum Gasteiger partial charge on any atom is -0.494 e. The normalized spacial score (nSPS) is 9.93. The van der Waals surface area contributed by atoms with Gasteiger partial charge in [-0.3, -0.25) is 4.68 Å². The molecule has 3 rings (SSSR count). The standard InChI is InChI=1S/C35H36N2O5/c1-4-31-25-29(13-17-32(31)18-14-30-26-36-37(27-30)21-24-42-35(39)6-3)12-11-28-15-19-33(20-16-28)40-22-9-7-8-10-23-41-34(38)5-2/h5-6,13,15-17,19-20,25-27H,2-4,7-10,21-24H2,1H3. The van der Waals surface area contributed by atoms with Crippen molar-refractivity contribution in [1.82, 2.24) is 9.78 Å². The molecule has 0 fully saturated rings. The topological polar surface area (TPSA) is 79.7 Å². The molecule has 1 heterocycles. The van der Waals surface area contributed by atoms with E-state index >= 15 is 0 Å². The fourth-order valence-corrected chi connectivity index (χ4v) is 3.83. The van der Waals surface area contributed by atoms with Crippen molar-refractivity contribution in [3.63, 3.8) is 0 Å². The summed E-state index contributed by atoms with van der Waals surface area (Å²) < 4.78 is 17.5. The first-order valence-electron chi connectivity index (χ1n) is 14.0. The number of hydrogen-bond acceptors (Lipinski definition) is 6. The van der Waals surface area contributed by atoms with E-state index in [4.69, 9.17) is 14.2 Å². The number of aryl methyl sites for hydroxylation is 1. The van der Waals surface area contributed by atoms with Crippen LogP contribution in [0.2, 0.25) is 0 Å². The Kier molecular flexibility index (Phi) is 13.2. The first-order valence-corrected chi connectivity index (χ1v) is 14.0. The highest BCUT2D eigenvalue weighted by atomic mass is 16.5. The molecule has 0 amide bonds. The van der Waals surface area contributed by atoms with E-state index in [9.17, 15) is 9.59 Å². The van der Waals surface area contributed by atoms with Gasteiger partial charge in [0.15, 0.2) is 0 Å². The van der Waals surface area contributed by atoms with Crippen molar-refractivity contribution in [2.24, 2.45) is 0 Å². The van der Waals surface area contributed by atoms with Crippen LogP contribution in [0, 0.1) is 23.7 Å². The Labute approximate surface area is 248 Å². The summed E-state index contributed by atoms with van der Waals surface area (Å²) in [7, 11) is 0. The van der Waals surface area contributed by atoms with E-state index in [1.807, 2.05) is 42.6 Å². The Morgan fingerprint density at radius 1 is 0.810 bits per heavy atom. The molecule has 0 aliphatic carbocycles. The maximum absolute atomic E-state index is 11.1. The van der Waals surface area contributed by atoms with E-state index in [-0.39, 0.29) is 12.6 Å². The number of hydrogen-bond donors (Lipinski definition) is 0. The Hall–Kier alpha value is -5.01. The van der Waals surface area contributed by atoms with E-state index in [1.54, 1.807) is 10.9 Å². The lowest BCUT2D eigenvalue weighted by molar-refractivity contribution is -0.138. The van der Waals surface area contributed by atoms with E-state index in [1.165, 1.54) is 6.08 Å². The molecule has 3 aromatic rings. The van der Waals surface area contributed by atoms with Gasteiger partial charge in [0, 0.05) is 35.0 Å². The van der Waals surface area contributed by atoms with Crippen molar-refractivity contribution in [2.75, 3.05) is 19.8 Å². The van der Waals surface area contributed by atoms with Gasteiger partial charge in [-0.15, -0.1) is 0 Å². The predicted octanol–water partition coefficient (Wildman–Crippen LogP) is 5.64. The Morgan fingerprint density at radius 3 is 2.17 bits per heavy atom. The molecule has 0 aliphatic rings. The molecule has 0 spiro atoms. The molecule has 2 aromatic carbocycles. The van der Waals surface area contributed by atoms with Gasteiger partial charge in [0.25, 0.3) is 0 Å². The average Bonchev–Trinajstić information content (AvgIpc) is 3.48. The van der Waals surface area contributed by atoms with Crippen molar-refractivity contribution in [2.45, 2.75) is 45.6 Å². The molecule has 0 saturated heterocycles. The zero-order valence-corrected chi connectivity index (χ0v) is 24.1. The minimum absolute atomic E-state index is 0.222. The number of rotatable bonds is 14. The number of carbonyl (C=O) groups excluding carboxylic acids is 2. The van der Waals surface area contributed by atoms with Crippen molar-refractivity contribution in [3.05, 3.63) is 108 Å². The van der Waals surface area contributed by atoms with Gasteiger partial charge in [-0.25, -0.2) is 9.59 Å². The molecule has 1 aromatic heterocycles. The van der Waals surface area contributed by atoms with E-state index in [0.29, 0.717) is 19.8 Å². The molecule has 42 heavy (non-hydrogen) atoms. The molecule has 0 atom stereocenters. The summed E-state index contributed by atoms with van der Waals surface area (Å²) in [4.78, 5) is 22.1. The Bertz CT molecular complexity index is 1480. The summed E-state index contributed by atoms with van der Waals surface area (Å²) in [5.41, 5.74) is 4.70. The predicted molar refractivity (Wildman–Crippen MR) is 163 cm³/mol. The van der Waals surface area contributed by atoms with Crippen LogP contribution in [0.5, 0.6) is 5.75 Å². The van der Waals surface area contributed by atoms with Crippen LogP contribution in [0.15, 0.2) is 80.2 Å². The molecule has 0 bridgehead atoms. The van der Waals surface area contributed by atoms with Gasteiger partial charge >= 0.3 is 11.9 Å². The SMILES string of the molecule is C=CC(=O)OCCCCCCOc1ccc(C#Cc2ccc(C#Cc3cnn(CCOC(=O)C=C)c3)c(CC)c2)cc1. The van der Waals surface area contributed by atoms with Gasteiger partial charge in [0.1, 0.15) is 12.4 Å². The monoisotopic (exact) mass is 564 g/mol. The highest BCUT2D eigenvalue weighted by Gasteiger charge is 2.02. The number of carbonyl (C=O) groups is 2. The van der Waals surface area contributed by atoms with Crippen LogP contribution in [-0.2, 0) is 32.0 Å². The smallest absolute Gasteiger partial charge is 0.330 e. The van der Waals surface area contributed by atoms with Crippen molar-refractivity contribution < 1.29 is 23.8 Å². The number of unbranched alkanes of at least 4 members (excludes halogenated alkanes) is 3. The summed E-state index contributed by atoms with van der Waals surface area (Å²) >= 11 is 0. The summed E-state index contributed by atoms with van der Waals surface area (Å²) in [5.74, 6) is 12.9. The Balaban J connectivity index is 1.47. The highest BCUT2D eigenvalue weighted by Crippen LogP contribution is 2.15. The van der Waals surface area contributed by atoms with Gasteiger partial charge in [-0.2, -0.15) is 5.10 Å². The van der Waals surface area contributed by atoms with Gasteiger partial charge in [-0.1, -0.05) is 43.8 Å². The second kappa shape index (κ2) is 17.6. The molecule has 0 saturated carbocycles. The lowest BCUT2D eigenvalue weighted by Crippen LogP contribution is -2.09. The molecule has 7 heteroatoms. The van der Waals surface area contributed by atoms with E-state index in [2.05, 4.69) is 54.9 Å². The fourth-order valence-electron chi connectivity index (χ4n) is 3.83. The van der Waals surface area contributed by atoms with Gasteiger partial charge in [0.05, 0.1) is 31.5 Å². The third-order valence-corrected chi connectivity index (χ3v) is 6.12. The maximum atomic E-state index is 11.1. The largest absolute Gasteiger partial charge is 0.494 e. The summed E-state index contributed by atoms with van der Waals surface area (Å²) in [5, 5.41) is 4.26. The number of aromatic nitrogens is 2. The van der Waals surface area contributed by atoms with Crippen molar-refractivity contribution >= 4 is 11.9 Å². The van der Waals surface area contributed by atoms with Crippen LogP contribution < -0.4 is 4.74 Å². The van der Waals surface area contributed by atoms with Crippen LogP contribution in [0.25, 0.3) is 0 Å². The molecule has 216 valence electrons. The van der Waals surface area contributed by atoms with Crippen LogP contribution in [-0.4, -0.2) is 41.5 Å². The van der Waals surface area contributed by atoms with Crippen LogP contribution in [0.3, 0.4) is 0 Å². The maximum Gasteiger partial charge on any atom is 0.330 e. The molecular formula is C35H36N2O5. The summed E-state index contributed by atoms with van der Waals surface area (Å²) in [6.07, 6.45) is 10.5. The minimum atomic E-state index is -0.451. The quantitative estimate of drug-likeness (QED) is 0.109. The number of benzene rings is 2. The molecule has 7 nitrogen and oxygen atoms in total. The highest BCUT2D eigenvalue weighted by molar-refractivity contribution is 5.81. The summed E-state index contributed by atoms with van der Waals surface area (Å²) in [6, 6.07) is 13.8. The Morgan fingerprint density at radius 2 is 1.45 bits per heavy atom. The fraction of sp³-hybridized carbons (Fsp3) is 0.286. The van der Waals surface area contributed by atoms with Gasteiger partial charge in [0.2, 0.25) is 0 Å². The third-order valence-electron chi connectivity index (χ3n) is 6.12. The number of ether oxygens (including phenoxy) is 3. The molecule has 0 unspecified atom stereocenters. The number of esters is 2. The summed E-state index contributed by atoms with van der Waals surface area (Å²) in [6.45, 7) is 10.6. The number of nitrogens with zero attached hydrogens (tertiary/aromatic N) is 2. The lowest BCUT2D eigenvalue weighted by Gasteiger charge is -2.06. The average molecular weight is 565 g/mol. The van der Waals surface area contributed by atoms with Crippen LogP contribution in [0.1, 0.15) is 60.4 Å². The molecule has 0 radical (unpaired) electrons. The first kappa shape index (κ1) is 31.5. The molecular weight excluding hydrogens is 528 g/mol. The lowest BCUT2D eigenvalue weighted by atomic mass is 10.0. The van der Waals surface area contributed by atoms with E-state index < -0.39 is 5.97 Å².